The van der Waals surface area contributed by atoms with Crippen LogP contribution in [-0.4, -0.2) is 16.9 Å². The van der Waals surface area contributed by atoms with E-state index in [1.165, 1.54) is 31.3 Å². The zero-order chi connectivity index (χ0) is 13.0. The molecule has 2 aliphatic rings. The molecule has 0 aromatic rings. The van der Waals surface area contributed by atoms with Gasteiger partial charge in [-0.05, 0) is 56.8 Å². The van der Waals surface area contributed by atoms with Crippen LogP contribution in [0.3, 0.4) is 0 Å². The smallest absolute Gasteiger partial charge is 0.187 e. The van der Waals surface area contributed by atoms with E-state index in [4.69, 9.17) is 12.2 Å². The second-order valence-corrected chi connectivity index (χ2v) is 5.96. The quantitative estimate of drug-likeness (QED) is 0.595. The molecule has 2 rings (SSSR count). The fourth-order valence-electron chi connectivity index (χ4n) is 2.70. The Hall–Kier alpha value is -0.900. The second-order valence-electron chi connectivity index (χ2n) is 5.55. The summed E-state index contributed by atoms with van der Waals surface area (Å²) in [6, 6.07) is 0.514. The number of hydrogen-bond acceptors (Lipinski definition) is 2. The third-order valence-corrected chi connectivity index (χ3v) is 4.13. The highest BCUT2D eigenvalue weighted by Gasteiger charge is 2.21. The SMILES string of the molecule is CC1=C/C(=N\NC(=S)N[C@@H]2CCCC[C@H]2C)CC1. The van der Waals surface area contributed by atoms with Crippen molar-refractivity contribution in [3.63, 3.8) is 0 Å². The third kappa shape index (κ3) is 3.80. The van der Waals surface area contributed by atoms with Gasteiger partial charge < -0.3 is 5.32 Å². The molecule has 0 aromatic carbocycles. The van der Waals surface area contributed by atoms with E-state index in [9.17, 15) is 0 Å². The minimum atomic E-state index is 0.514. The molecule has 4 heteroatoms. The van der Waals surface area contributed by atoms with E-state index >= 15 is 0 Å². The van der Waals surface area contributed by atoms with Crippen molar-refractivity contribution in [1.29, 1.82) is 0 Å². The standard InChI is InChI=1S/C14H23N3S/c1-10-7-8-12(9-10)16-17-14(18)15-13-6-4-3-5-11(13)2/h9,11,13H,3-8H2,1-2H3,(H2,15,17,18)/b16-12-/t11-,13-/m1/s1. The summed E-state index contributed by atoms with van der Waals surface area (Å²) < 4.78 is 0. The summed E-state index contributed by atoms with van der Waals surface area (Å²) >= 11 is 5.30. The summed E-state index contributed by atoms with van der Waals surface area (Å²) in [5.41, 5.74) is 5.48. The van der Waals surface area contributed by atoms with E-state index in [1.54, 1.807) is 0 Å². The molecule has 1 saturated carbocycles. The molecule has 2 atom stereocenters. The van der Waals surface area contributed by atoms with Crippen molar-refractivity contribution in [2.45, 2.75) is 58.4 Å². The Balaban J connectivity index is 1.78. The van der Waals surface area contributed by atoms with E-state index in [0.717, 1.165) is 18.6 Å². The van der Waals surface area contributed by atoms with Crippen molar-refractivity contribution in [2.75, 3.05) is 0 Å². The zero-order valence-electron chi connectivity index (χ0n) is 11.3. The molecule has 2 N–H and O–H groups in total. The van der Waals surface area contributed by atoms with Crippen molar-refractivity contribution in [2.24, 2.45) is 11.0 Å². The van der Waals surface area contributed by atoms with Gasteiger partial charge in [-0.1, -0.05) is 25.3 Å². The van der Waals surface area contributed by atoms with Crippen LogP contribution in [0.2, 0.25) is 0 Å². The number of nitrogens with zero attached hydrogens (tertiary/aromatic N) is 1. The van der Waals surface area contributed by atoms with E-state index in [2.05, 4.69) is 35.8 Å². The molecule has 0 bridgehead atoms. The van der Waals surface area contributed by atoms with Gasteiger partial charge in [-0.15, -0.1) is 0 Å². The largest absolute Gasteiger partial charge is 0.358 e. The minimum Gasteiger partial charge on any atom is -0.358 e. The molecule has 0 heterocycles. The van der Waals surface area contributed by atoms with Crippen molar-refractivity contribution in [3.8, 4) is 0 Å². The second kappa shape index (κ2) is 6.32. The lowest BCUT2D eigenvalue weighted by Crippen LogP contribution is -2.44. The number of rotatable bonds is 2. The minimum absolute atomic E-state index is 0.514. The van der Waals surface area contributed by atoms with E-state index in [0.29, 0.717) is 17.1 Å². The van der Waals surface area contributed by atoms with Crippen LogP contribution in [0.15, 0.2) is 16.8 Å². The van der Waals surface area contributed by atoms with Gasteiger partial charge in [-0.3, -0.25) is 5.43 Å². The van der Waals surface area contributed by atoms with Crippen molar-refractivity contribution in [1.82, 2.24) is 10.7 Å². The third-order valence-electron chi connectivity index (χ3n) is 3.92. The zero-order valence-corrected chi connectivity index (χ0v) is 12.1. The summed E-state index contributed by atoms with van der Waals surface area (Å²) in [7, 11) is 0. The van der Waals surface area contributed by atoms with E-state index < -0.39 is 0 Å². The van der Waals surface area contributed by atoms with Gasteiger partial charge in [0.15, 0.2) is 5.11 Å². The first-order valence-corrected chi connectivity index (χ1v) is 7.36. The van der Waals surface area contributed by atoms with Crippen LogP contribution >= 0.6 is 12.2 Å². The lowest BCUT2D eigenvalue weighted by atomic mass is 9.86. The molecule has 3 nitrogen and oxygen atoms in total. The summed E-state index contributed by atoms with van der Waals surface area (Å²) in [6.07, 6.45) is 9.47. The summed E-state index contributed by atoms with van der Waals surface area (Å²) in [6.45, 7) is 4.44. The van der Waals surface area contributed by atoms with Gasteiger partial charge in [0.2, 0.25) is 0 Å². The van der Waals surface area contributed by atoms with Gasteiger partial charge in [0, 0.05) is 6.04 Å². The maximum atomic E-state index is 5.30. The Labute approximate surface area is 115 Å². The van der Waals surface area contributed by atoms with Gasteiger partial charge in [0.25, 0.3) is 0 Å². The molecule has 0 radical (unpaired) electrons. The van der Waals surface area contributed by atoms with Gasteiger partial charge in [0.1, 0.15) is 0 Å². The molecule has 0 aliphatic heterocycles. The van der Waals surface area contributed by atoms with Crippen LogP contribution in [0.1, 0.15) is 52.4 Å². The molecular formula is C14H23N3S. The predicted octanol–water partition coefficient (Wildman–Crippen LogP) is 3.13. The average molecular weight is 265 g/mol. The van der Waals surface area contributed by atoms with Crippen LogP contribution in [-0.2, 0) is 0 Å². The Kier molecular flexibility index (Phi) is 4.75. The highest BCUT2D eigenvalue weighted by molar-refractivity contribution is 7.80. The van der Waals surface area contributed by atoms with Crippen LogP contribution in [0, 0.1) is 5.92 Å². The molecule has 0 saturated heterocycles. The van der Waals surface area contributed by atoms with Gasteiger partial charge in [-0.25, -0.2) is 0 Å². The molecule has 1 fully saturated rings. The Morgan fingerprint density at radius 3 is 2.78 bits per heavy atom. The molecule has 0 unspecified atom stereocenters. The monoisotopic (exact) mass is 265 g/mol. The fraction of sp³-hybridized carbons (Fsp3) is 0.714. The molecule has 2 aliphatic carbocycles. The predicted molar refractivity (Wildman–Crippen MR) is 80.7 cm³/mol. The molecule has 100 valence electrons. The summed E-state index contributed by atoms with van der Waals surface area (Å²) in [5.74, 6) is 0.708. The Morgan fingerprint density at radius 2 is 2.11 bits per heavy atom. The number of hydrogen-bond donors (Lipinski definition) is 2. The van der Waals surface area contributed by atoms with Crippen LogP contribution < -0.4 is 10.7 Å². The average Bonchev–Trinajstić information content (AvgIpc) is 2.76. The number of hydrazone groups is 1. The molecule has 0 amide bonds. The maximum absolute atomic E-state index is 5.30. The number of thiocarbonyl (C=S) groups is 1. The molecular weight excluding hydrogens is 242 g/mol. The highest BCUT2D eigenvalue weighted by atomic mass is 32.1. The van der Waals surface area contributed by atoms with Crippen molar-refractivity contribution >= 4 is 23.0 Å². The first-order valence-electron chi connectivity index (χ1n) is 6.95. The van der Waals surface area contributed by atoms with Crippen LogP contribution in [0.5, 0.6) is 0 Å². The number of nitrogens with one attached hydrogen (secondary N) is 2. The Morgan fingerprint density at radius 1 is 1.33 bits per heavy atom. The van der Waals surface area contributed by atoms with Crippen LogP contribution in [0.4, 0.5) is 0 Å². The molecule has 18 heavy (non-hydrogen) atoms. The van der Waals surface area contributed by atoms with Crippen molar-refractivity contribution in [3.05, 3.63) is 11.6 Å². The normalized spacial score (nSPS) is 30.1. The first-order chi connectivity index (χ1) is 8.65. The Bertz CT molecular complexity index is 373. The van der Waals surface area contributed by atoms with Gasteiger partial charge in [0.05, 0.1) is 5.71 Å². The van der Waals surface area contributed by atoms with E-state index in [-0.39, 0.29) is 0 Å². The lowest BCUT2D eigenvalue weighted by molar-refractivity contribution is 0.308. The van der Waals surface area contributed by atoms with Gasteiger partial charge in [-0.2, -0.15) is 5.10 Å². The molecule has 0 spiro atoms. The topological polar surface area (TPSA) is 36.4 Å². The summed E-state index contributed by atoms with van der Waals surface area (Å²) in [4.78, 5) is 0. The number of allylic oxidation sites excluding steroid dienone is 2. The van der Waals surface area contributed by atoms with Crippen LogP contribution in [0.25, 0.3) is 0 Å². The van der Waals surface area contributed by atoms with E-state index in [1.807, 2.05) is 0 Å². The summed E-state index contributed by atoms with van der Waals surface area (Å²) in [5, 5.41) is 8.41. The maximum Gasteiger partial charge on any atom is 0.187 e. The lowest BCUT2D eigenvalue weighted by Gasteiger charge is -2.30. The van der Waals surface area contributed by atoms with Gasteiger partial charge >= 0.3 is 0 Å². The van der Waals surface area contributed by atoms with Crippen molar-refractivity contribution < 1.29 is 0 Å². The highest BCUT2D eigenvalue weighted by Crippen LogP contribution is 2.23. The molecule has 0 aromatic heterocycles. The fourth-order valence-corrected chi connectivity index (χ4v) is 2.89. The first kappa shape index (κ1) is 13.5.